The summed E-state index contributed by atoms with van der Waals surface area (Å²) in [5.74, 6) is 0.912. The lowest BCUT2D eigenvalue weighted by molar-refractivity contribution is -0.135. The molecule has 3 atom stereocenters. The molecule has 84 heavy (non-hydrogen) atoms. The van der Waals surface area contributed by atoms with Gasteiger partial charge in [0.2, 0.25) is 11.8 Å². The number of piperazine rings is 1. The lowest BCUT2D eigenvalue weighted by Crippen LogP contribution is -2.56. The van der Waals surface area contributed by atoms with Crippen LogP contribution in [0, 0.1) is 19.7 Å². The first kappa shape index (κ1) is 59.1. The Morgan fingerprint density at radius 1 is 0.869 bits per heavy atom. The first-order valence-electron chi connectivity index (χ1n) is 28.6. The Morgan fingerprint density at radius 2 is 1.61 bits per heavy atom. The van der Waals surface area contributed by atoms with Gasteiger partial charge in [-0.05, 0) is 106 Å². The number of ether oxygens (including phenoxy) is 4. The number of urea groups is 1. The lowest BCUT2D eigenvalue weighted by Gasteiger charge is -2.38. The number of nitrogens with two attached hydrogens (primary N) is 1. The first-order valence-corrected chi connectivity index (χ1v) is 29.0. The maximum atomic E-state index is 15.2. The van der Waals surface area contributed by atoms with Crippen molar-refractivity contribution in [1.82, 2.24) is 39.3 Å². The summed E-state index contributed by atoms with van der Waals surface area (Å²) in [5.41, 5.74) is 14.9. The number of amides is 5. The normalized spacial score (nSPS) is 17.9. The second-order valence-electron chi connectivity index (χ2n) is 22.1. The van der Waals surface area contributed by atoms with Crippen molar-refractivity contribution in [2.75, 3.05) is 97.5 Å². The fourth-order valence-corrected chi connectivity index (χ4v) is 11.8. The summed E-state index contributed by atoms with van der Waals surface area (Å²) in [7, 11) is 5.05. The molecule has 2 aromatic heterocycles. The van der Waals surface area contributed by atoms with E-state index < -0.39 is 17.9 Å². The van der Waals surface area contributed by atoms with Crippen molar-refractivity contribution in [2.45, 2.75) is 84.3 Å². The number of fused-ring (bicyclic) bond motifs is 8. The molecular formula is C63H73ClFN11O8. The van der Waals surface area contributed by atoms with Crippen LogP contribution >= 0.6 is 11.6 Å². The Morgan fingerprint density at radius 3 is 2.35 bits per heavy atom. The van der Waals surface area contributed by atoms with Crippen LogP contribution < -0.4 is 20.1 Å². The standard InChI is InChI=1S/C63H73ClFN11O8/c1-39(2)84-54-35-47(81-7)19-21-49(54)61-68-58(42-12-10-40(3)11-13-42)59(43-14-16-45(64)17-15-43)76(61)63(80)73-26-25-72(56(78)38-73)28-30-83-32-31-82-29-22-55(77)70(5)24-27-75-41(4)57-44-33-53(60(66)67-36-44)74-23-8-9-52(74)50-34-46(65)18-20-48(50)62(79)71(6)37-51(57)69-75/h10-21,33-36,39,52,58-59H,8-9,22-32,37-38H2,1-7H3,(H2,66,67)/t52-,58+,59-/m1/s1. The minimum Gasteiger partial charge on any atom is -0.497 e. The zero-order valence-electron chi connectivity index (χ0n) is 48.7. The average molecular weight is 1170 g/mol. The molecule has 2 bridgehead atoms. The topological polar surface area (TPSA) is 194 Å². The second-order valence-corrected chi connectivity index (χ2v) is 22.5. The summed E-state index contributed by atoms with van der Waals surface area (Å²) in [6.45, 7) is 11.2. The van der Waals surface area contributed by atoms with Gasteiger partial charge in [0, 0.05) is 86.5 Å². The van der Waals surface area contributed by atoms with Gasteiger partial charge in [-0.25, -0.2) is 14.2 Å². The number of aryl methyl sites for hydroxylation is 1. The molecule has 4 aliphatic heterocycles. The molecule has 2 fully saturated rings. The third-order valence-electron chi connectivity index (χ3n) is 16.1. The number of carbonyl (C=O) groups is 4. The number of hydrogen-bond donors (Lipinski definition) is 1. The van der Waals surface area contributed by atoms with Crippen LogP contribution in [-0.4, -0.2) is 162 Å². The fourth-order valence-electron chi connectivity index (χ4n) is 11.6. The molecule has 6 aromatic rings. The number of aliphatic imine (C=N–C) groups is 1. The van der Waals surface area contributed by atoms with Crippen molar-refractivity contribution >= 4 is 52.7 Å². The number of rotatable bonds is 18. The SMILES string of the molecule is COc1ccc(C2=N[C@@H](c3ccc(C)cc3)[C@@H](c3ccc(Cl)cc3)N2C(=O)N2CCN(CCOCCOCCC(=O)N(C)CCn3nc4c(c3C)-c3cnc(N)c(c3)N3CCC[C@@H]3c3cc(F)ccc3C(=O)N(C)C4)C(=O)C2)c(OC(C)C)c1. The van der Waals surface area contributed by atoms with E-state index in [2.05, 4.69) is 9.88 Å². The van der Waals surface area contributed by atoms with E-state index in [1.54, 1.807) is 76.2 Å². The first-order chi connectivity index (χ1) is 40.5. The number of anilines is 2. The number of nitrogens with zero attached hydrogens (tertiary/aromatic N) is 10. The van der Waals surface area contributed by atoms with E-state index in [0.29, 0.717) is 83.3 Å². The highest BCUT2D eigenvalue weighted by Gasteiger charge is 2.46. The second kappa shape index (κ2) is 25.8. The quantitative estimate of drug-likeness (QED) is 0.0804. The van der Waals surface area contributed by atoms with Crippen LogP contribution in [-0.2, 0) is 32.2 Å². The molecule has 0 radical (unpaired) electrons. The molecule has 0 unspecified atom stereocenters. The highest BCUT2D eigenvalue weighted by Crippen LogP contribution is 2.47. The van der Waals surface area contributed by atoms with Crippen molar-refractivity contribution in [1.29, 1.82) is 0 Å². The maximum absolute atomic E-state index is 15.2. The lowest BCUT2D eigenvalue weighted by atomic mass is 9.93. The molecular weight excluding hydrogens is 1090 g/mol. The van der Waals surface area contributed by atoms with E-state index in [4.69, 9.17) is 46.4 Å². The van der Waals surface area contributed by atoms with E-state index in [1.165, 1.54) is 12.1 Å². The molecule has 21 heteroatoms. The highest BCUT2D eigenvalue weighted by molar-refractivity contribution is 6.30. The average Bonchev–Trinajstić information content (AvgIpc) is 1.87. The van der Waals surface area contributed by atoms with Crippen molar-refractivity contribution in [3.63, 3.8) is 0 Å². The van der Waals surface area contributed by atoms with Crippen LogP contribution in [0.2, 0.25) is 5.02 Å². The van der Waals surface area contributed by atoms with E-state index in [0.717, 1.165) is 52.0 Å². The molecule has 4 aromatic carbocycles. The Bertz CT molecular complexity index is 3430. The molecule has 4 aliphatic rings. The molecule has 6 heterocycles. The number of aromatic nitrogens is 3. The third-order valence-corrected chi connectivity index (χ3v) is 16.3. The Balaban J connectivity index is 0.714. The molecule has 5 amide bonds. The molecule has 442 valence electrons. The molecule has 2 N–H and O–H groups in total. The Labute approximate surface area is 494 Å². The van der Waals surface area contributed by atoms with Crippen molar-refractivity contribution in [3.05, 3.63) is 153 Å². The number of pyridine rings is 1. The van der Waals surface area contributed by atoms with Gasteiger partial charge in [0.05, 0.1) is 88.2 Å². The van der Waals surface area contributed by atoms with Gasteiger partial charge >= 0.3 is 6.03 Å². The summed E-state index contributed by atoms with van der Waals surface area (Å²) in [6, 6.07) is 25.7. The minimum absolute atomic E-state index is 0.103. The summed E-state index contributed by atoms with van der Waals surface area (Å²) in [6.07, 6.45) is 3.26. The zero-order chi connectivity index (χ0) is 59.3. The summed E-state index contributed by atoms with van der Waals surface area (Å²) in [5, 5.41) is 5.55. The predicted molar refractivity (Wildman–Crippen MR) is 319 cm³/mol. The van der Waals surface area contributed by atoms with Gasteiger partial charge in [0.15, 0.2) is 0 Å². The van der Waals surface area contributed by atoms with Crippen LogP contribution in [0.1, 0.15) is 101 Å². The van der Waals surface area contributed by atoms with Crippen molar-refractivity contribution in [3.8, 4) is 22.6 Å². The van der Waals surface area contributed by atoms with Gasteiger partial charge in [-0.2, -0.15) is 5.10 Å². The number of amidine groups is 1. The largest absolute Gasteiger partial charge is 0.497 e. The molecule has 19 nitrogen and oxygen atoms in total. The van der Waals surface area contributed by atoms with E-state index >= 15 is 4.79 Å². The molecule has 0 saturated carbocycles. The van der Waals surface area contributed by atoms with Crippen LogP contribution in [0.3, 0.4) is 0 Å². The van der Waals surface area contributed by atoms with Gasteiger partial charge in [-0.1, -0.05) is 53.6 Å². The molecule has 10 rings (SSSR count). The number of methoxy groups -OCH3 is 1. The summed E-state index contributed by atoms with van der Waals surface area (Å²) in [4.78, 5) is 76.7. The van der Waals surface area contributed by atoms with E-state index in [1.807, 2.05) is 87.0 Å². The Hall–Kier alpha value is -8.07. The fraction of sp³-hybridized carbons (Fsp3) is 0.413. The molecule has 0 aliphatic carbocycles. The number of halogens is 2. The molecule has 2 saturated heterocycles. The molecule has 0 spiro atoms. The van der Waals surface area contributed by atoms with Crippen molar-refractivity contribution < 1.29 is 42.5 Å². The summed E-state index contributed by atoms with van der Waals surface area (Å²) < 4.78 is 40.2. The van der Waals surface area contributed by atoms with E-state index in [9.17, 15) is 18.8 Å². The van der Waals surface area contributed by atoms with Gasteiger partial charge in [0.25, 0.3) is 5.91 Å². The smallest absolute Gasteiger partial charge is 0.326 e. The van der Waals surface area contributed by atoms with Crippen LogP contribution in [0.5, 0.6) is 11.5 Å². The van der Waals surface area contributed by atoms with Gasteiger partial charge in [-0.3, -0.25) is 29.0 Å². The predicted octanol–water partition coefficient (Wildman–Crippen LogP) is 9.05. The monoisotopic (exact) mass is 1170 g/mol. The summed E-state index contributed by atoms with van der Waals surface area (Å²) >= 11 is 6.41. The van der Waals surface area contributed by atoms with Gasteiger partial charge in [0.1, 0.15) is 41.6 Å². The van der Waals surface area contributed by atoms with Gasteiger partial charge in [-0.15, -0.1) is 0 Å². The number of carbonyl (C=O) groups excluding carboxylic acids is 4. The number of likely N-dealkylation sites (N-methyl/N-ethyl adjacent to an activating group) is 1. The Kier molecular flexibility index (Phi) is 18.2. The van der Waals surface area contributed by atoms with Gasteiger partial charge < -0.3 is 49.2 Å². The van der Waals surface area contributed by atoms with Crippen LogP contribution in [0.15, 0.2) is 102 Å². The minimum atomic E-state index is -0.588. The third kappa shape index (κ3) is 12.7. The van der Waals surface area contributed by atoms with E-state index in [-0.39, 0.29) is 88.4 Å². The van der Waals surface area contributed by atoms with Crippen molar-refractivity contribution in [2.24, 2.45) is 4.99 Å². The number of benzene rings is 4. The maximum Gasteiger partial charge on any atom is 0.326 e. The van der Waals surface area contributed by atoms with Crippen LogP contribution in [0.25, 0.3) is 11.1 Å². The van der Waals surface area contributed by atoms with Crippen LogP contribution in [0.4, 0.5) is 20.7 Å². The number of nitrogen functional groups attached to an aromatic ring is 1. The number of hydrogen-bond acceptors (Lipinski definition) is 13. The zero-order valence-corrected chi connectivity index (χ0v) is 49.5. The highest BCUT2D eigenvalue weighted by atomic mass is 35.5.